The Kier molecular flexibility index (Phi) is 8.20. The van der Waals surface area contributed by atoms with Gasteiger partial charge in [0.15, 0.2) is 0 Å². The van der Waals surface area contributed by atoms with Crippen molar-refractivity contribution in [2.75, 3.05) is 6.54 Å². The standard InChI is InChI=1S/C34H42N2O5Si/c1-33(2,3)35-31(38)27-30-28(37)29(26(40-30)22-36(27)32(39)23-16-10-7-11-17-23)41-42(34(4,5)6,24-18-12-8-13-19-24)25-20-14-9-15-21-25/h7-21,26-30,37H,22H2,1-6H3,(H,35,38)/t26-,27+,28+,29-,30+/m1/s1. The summed E-state index contributed by atoms with van der Waals surface area (Å²) in [6, 6.07) is 28.4. The van der Waals surface area contributed by atoms with Gasteiger partial charge in [0.1, 0.15) is 30.5 Å². The van der Waals surface area contributed by atoms with Crippen molar-refractivity contribution in [3.05, 3.63) is 96.6 Å². The van der Waals surface area contributed by atoms with E-state index in [1.807, 2.05) is 63.2 Å². The van der Waals surface area contributed by atoms with Crippen LogP contribution in [0.1, 0.15) is 51.9 Å². The average molecular weight is 587 g/mol. The maximum atomic E-state index is 13.9. The Morgan fingerprint density at radius 2 is 1.36 bits per heavy atom. The van der Waals surface area contributed by atoms with Crippen molar-refractivity contribution >= 4 is 30.5 Å². The van der Waals surface area contributed by atoms with E-state index in [4.69, 9.17) is 9.16 Å². The van der Waals surface area contributed by atoms with Gasteiger partial charge < -0.3 is 24.5 Å². The smallest absolute Gasteiger partial charge is 0.261 e. The summed E-state index contributed by atoms with van der Waals surface area (Å²) in [4.78, 5) is 29.2. The fourth-order valence-electron chi connectivity index (χ4n) is 6.39. The highest BCUT2D eigenvalue weighted by molar-refractivity contribution is 6.99. The minimum absolute atomic E-state index is 0.117. The van der Waals surface area contributed by atoms with E-state index >= 15 is 0 Å². The lowest BCUT2D eigenvalue weighted by Crippen LogP contribution is -2.69. The van der Waals surface area contributed by atoms with Gasteiger partial charge in [0, 0.05) is 11.1 Å². The summed E-state index contributed by atoms with van der Waals surface area (Å²) in [7, 11) is -3.06. The third-order valence-corrected chi connectivity index (χ3v) is 13.2. The Bertz CT molecular complexity index is 1350. The van der Waals surface area contributed by atoms with Crippen molar-refractivity contribution in [2.24, 2.45) is 0 Å². The van der Waals surface area contributed by atoms with Gasteiger partial charge >= 0.3 is 0 Å². The number of hydrogen-bond acceptors (Lipinski definition) is 5. The second-order valence-electron chi connectivity index (χ2n) is 13.4. The molecule has 2 N–H and O–H groups in total. The van der Waals surface area contributed by atoms with Crippen LogP contribution in [0.25, 0.3) is 0 Å². The van der Waals surface area contributed by atoms with Crippen LogP contribution in [0.15, 0.2) is 91.0 Å². The quantitative estimate of drug-likeness (QED) is 0.432. The van der Waals surface area contributed by atoms with Gasteiger partial charge in [-0.05, 0) is 48.3 Å². The van der Waals surface area contributed by atoms with Crippen molar-refractivity contribution in [2.45, 2.75) is 82.6 Å². The van der Waals surface area contributed by atoms with Gasteiger partial charge in [-0.2, -0.15) is 0 Å². The molecule has 0 aliphatic carbocycles. The van der Waals surface area contributed by atoms with Crippen LogP contribution in [-0.4, -0.2) is 72.7 Å². The monoisotopic (exact) mass is 586 g/mol. The average Bonchev–Trinajstić information content (AvgIpc) is 3.19. The first-order valence-corrected chi connectivity index (χ1v) is 16.5. The molecular weight excluding hydrogens is 544 g/mol. The molecule has 0 spiro atoms. The minimum atomic E-state index is -3.06. The first-order valence-electron chi connectivity index (χ1n) is 14.6. The number of fused-ring (bicyclic) bond motifs is 2. The molecule has 5 rings (SSSR count). The van der Waals surface area contributed by atoms with Crippen LogP contribution >= 0.6 is 0 Å². The Morgan fingerprint density at radius 3 is 1.83 bits per heavy atom. The van der Waals surface area contributed by atoms with Crippen LogP contribution in [0.2, 0.25) is 5.04 Å². The molecule has 0 radical (unpaired) electrons. The van der Waals surface area contributed by atoms with Gasteiger partial charge in [-0.25, -0.2) is 0 Å². The summed E-state index contributed by atoms with van der Waals surface area (Å²) in [5.41, 5.74) is -0.0599. The first-order chi connectivity index (χ1) is 19.8. The van der Waals surface area contributed by atoms with Crippen molar-refractivity contribution in [3.8, 4) is 0 Å². The molecule has 0 unspecified atom stereocenters. The largest absolute Gasteiger partial charge is 0.399 e. The zero-order chi connectivity index (χ0) is 30.3. The number of amides is 2. The second-order valence-corrected chi connectivity index (χ2v) is 17.6. The number of benzene rings is 3. The molecule has 2 aliphatic rings. The highest BCUT2D eigenvalue weighted by atomic mass is 28.4. The summed E-state index contributed by atoms with van der Waals surface area (Å²) < 4.78 is 13.7. The van der Waals surface area contributed by atoms with Crippen molar-refractivity contribution in [1.82, 2.24) is 10.2 Å². The molecule has 222 valence electrons. The third kappa shape index (κ3) is 5.56. The predicted octanol–water partition coefficient (Wildman–Crippen LogP) is 3.50. The minimum Gasteiger partial charge on any atom is -0.399 e. The van der Waals surface area contributed by atoms with E-state index < -0.39 is 44.3 Å². The summed E-state index contributed by atoms with van der Waals surface area (Å²) in [6.07, 6.45) is -3.43. The molecule has 2 bridgehead atoms. The first kappa shape index (κ1) is 30.2. The molecule has 42 heavy (non-hydrogen) atoms. The molecule has 8 heteroatoms. The number of hydrogen-bond donors (Lipinski definition) is 2. The van der Waals surface area contributed by atoms with Crippen LogP contribution in [0, 0.1) is 0 Å². The number of aliphatic hydroxyl groups excluding tert-OH is 1. The lowest BCUT2D eigenvalue weighted by molar-refractivity contribution is -0.143. The van der Waals surface area contributed by atoms with E-state index in [9.17, 15) is 14.7 Å². The normalized spacial score (nSPS) is 24.4. The number of rotatable bonds is 6. The predicted molar refractivity (Wildman–Crippen MR) is 166 cm³/mol. The van der Waals surface area contributed by atoms with Crippen LogP contribution in [0.5, 0.6) is 0 Å². The Balaban J connectivity index is 1.59. The van der Waals surface area contributed by atoms with E-state index in [0.29, 0.717) is 5.56 Å². The lowest BCUT2D eigenvalue weighted by atomic mass is 10.0. The topological polar surface area (TPSA) is 88.1 Å². The number of morpholine rings is 1. The van der Waals surface area contributed by atoms with Gasteiger partial charge in [-0.1, -0.05) is 99.6 Å². The zero-order valence-electron chi connectivity index (χ0n) is 25.3. The third-order valence-electron chi connectivity index (χ3n) is 8.17. The lowest BCUT2D eigenvalue weighted by Gasteiger charge is -2.45. The molecular formula is C34H42N2O5Si. The van der Waals surface area contributed by atoms with E-state index in [1.165, 1.54) is 0 Å². The molecule has 3 aromatic carbocycles. The molecule has 2 aliphatic heterocycles. The molecule has 3 aromatic rings. The van der Waals surface area contributed by atoms with Crippen LogP contribution in [0.3, 0.4) is 0 Å². The zero-order valence-corrected chi connectivity index (χ0v) is 26.3. The van der Waals surface area contributed by atoms with Crippen molar-refractivity contribution < 1.29 is 23.9 Å². The summed E-state index contributed by atoms with van der Waals surface area (Å²) >= 11 is 0. The van der Waals surface area contributed by atoms with E-state index in [2.05, 4.69) is 50.4 Å². The molecule has 2 heterocycles. The molecule has 7 nitrogen and oxygen atoms in total. The van der Waals surface area contributed by atoms with Gasteiger partial charge in [-0.15, -0.1) is 0 Å². The van der Waals surface area contributed by atoms with Gasteiger partial charge in [0.25, 0.3) is 14.2 Å². The van der Waals surface area contributed by atoms with Crippen molar-refractivity contribution in [1.29, 1.82) is 0 Å². The van der Waals surface area contributed by atoms with E-state index in [1.54, 1.807) is 29.2 Å². The molecule has 5 atom stereocenters. The van der Waals surface area contributed by atoms with Crippen LogP contribution in [0.4, 0.5) is 0 Å². The Morgan fingerprint density at radius 1 is 0.857 bits per heavy atom. The van der Waals surface area contributed by atoms with Gasteiger partial charge in [0.2, 0.25) is 5.91 Å². The molecule has 0 saturated carbocycles. The molecule has 0 aromatic heterocycles. The summed E-state index contributed by atoms with van der Waals surface area (Å²) in [5.74, 6) is -0.637. The van der Waals surface area contributed by atoms with E-state index in [0.717, 1.165) is 10.4 Å². The number of nitrogens with zero attached hydrogens (tertiary/aromatic N) is 1. The second kappa shape index (κ2) is 11.4. The van der Waals surface area contributed by atoms with Crippen LogP contribution in [-0.2, 0) is 14.0 Å². The van der Waals surface area contributed by atoms with E-state index in [-0.39, 0.29) is 23.4 Å². The van der Waals surface area contributed by atoms with Gasteiger partial charge in [0.05, 0.1) is 6.54 Å². The number of carbonyl (C=O) groups excluding carboxylic acids is 2. The summed E-state index contributed by atoms with van der Waals surface area (Å²) in [6.45, 7) is 12.3. The Labute approximate surface area is 250 Å². The highest BCUT2D eigenvalue weighted by Gasteiger charge is 2.61. The van der Waals surface area contributed by atoms with Crippen LogP contribution < -0.4 is 15.7 Å². The number of carbonyl (C=O) groups is 2. The maximum Gasteiger partial charge on any atom is 0.261 e. The maximum absolute atomic E-state index is 13.9. The number of likely N-dealkylation sites (tertiary alicyclic amines) is 1. The van der Waals surface area contributed by atoms with Gasteiger partial charge in [-0.3, -0.25) is 9.59 Å². The highest BCUT2D eigenvalue weighted by Crippen LogP contribution is 2.42. The molecule has 2 amide bonds. The Hall–Kier alpha value is -3.30. The fourth-order valence-corrected chi connectivity index (χ4v) is 11.1. The summed E-state index contributed by atoms with van der Waals surface area (Å²) in [5, 5.41) is 16.8. The SMILES string of the molecule is CC(C)(C)NC(=O)[C@@H]1[C@@H]2O[C@H](CN1C(=O)c1ccccc1)[C@@H](O[Si](c1ccccc1)(c1ccccc1)C(C)(C)C)[C@@H]2O. The number of ether oxygens (including phenoxy) is 1. The number of aliphatic hydroxyl groups is 1. The molecule has 2 fully saturated rings. The molecule has 2 saturated heterocycles. The number of nitrogens with one attached hydrogen (secondary N) is 1. The van der Waals surface area contributed by atoms with Crippen molar-refractivity contribution in [3.63, 3.8) is 0 Å². The fraction of sp³-hybridized carbons (Fsp3) is 0.412.